The van der Waals surface area contributed by atoms with E-state index in [0.717, 1.165) is 25.7 Å². The first kappa shape index (κ1) is 19.2. The molecule has 0 aliphatic carbocycles. The lowest BCUT2D eigenvalue weighted by molar-refractivity contribution is -0.384. The Hall–Kier alpha value is -2.15. The fourth-order valence-electron chi connectivity index (χ4n) is 3.41. The zero-order valence-corrected chi connectivity index (χ0v) is 15.1. The lowest BCUT2D eigenvalue weighted by Gasteiger charge is -2.34. The van der Waals surface area contributed by atoms with Crippen molar-refractivity contribution in [3.8, 4) is 0 Å². The van der Waals surface area contributed by atoms with E-state index < -0.39 is 4.92 Å². The third-order valence-corrected chi connectivity index (χ3v) is 4.93. The molecule has 2 rings (SSSR count). The van der Waals surface area contributed by atoms with Crippen molar-refractivity contribution >= 4 is 17.3 Å². The van der Waals surface area contributed by atoms with Crippen LogP contribution in [-0.4, -0.2) is 36.6 Å². The van der Waals surface area contributed by atoms with Crippen molar-refractivity contribution in [3.63, 3.8) is 0 Å². The molecule has 0 spiro atoms. The van der Waals surface area contributed by atoms with Gasteiger partial charge >= 0.3 is 0 Å². The van der Waals surface area contributed by atoms with E-state index in [0.29, 0.717) is 18.2 Å². The van der Waals surface area contributed by atoms with Crippen LogP contribution in [0.5, 0.6) is 0 Å². The van der Waals surface area contributed by atoms with E-state index >= 15 is 0 Å². The minimum Gasteiger partial charge on any atom is -0.378 e. The second-order valence-corrected chi connectivity index (χ2v) is 6.42. The molecule has 2 N–H and O–H groups in total. The maximum atomic E-state index is 11.7. The van der Waals surface area contributed by atoms with Crippen molar-refractivity contribution in [1.29, 1.82) is 0 Å². The molecule has 2 unspecified atom stereocenters. The van der Waals surface area contributed by atoms with E-state index in [4.69, 9.17) is 4.74 Å². The van der Waals surface area contributed by atoms with Crippen LogP contribution in [-0.2, 0) is 4.74 Å². The molecule has 1 heterocycles. The van der Waals surface area contributed by atoms with Crippen LogP contribution in [0.3, 0.4) is 0 Å². The first-order valence-corrected chi connectivity index (χ1v) is 8.88. The highest BCUT2D eigenvalue weighted by Crippen LogP contribution is 2.31. The number of amides is 1. The third-order valence-electron chi connectivity index (χ3n) is 4.93. The van der Waals surface area contributed by atoms with Crippen LogP contribution >= 0.6 is 0 Å². The minimum atomic E-state index is -0.452. The molecule has 1 amide bonds. The predicted molar refractivity (Wildman–Crippen MR) is 96.9 cm³/mol. The predicted octanol–water partition coefficient (Wildman–Crippen LogP) is 3.35. The van der Waals surface area contributed by atoms with Gasteiger partial charge in [0.2, 0.25) is 0 Å². The fraction of sp³-hybridized carbons (Fsp3) is 0.611. The number of nitro benzene ring substituents is 1. The first-order valence-electron chi connectivity index (χ1n) is 8.88. The Morgan fingerprint density at radius 3 is 2.72 bits per heavy atom. The molecule has 1 aromatic rings. The first-order chi connectivity index (χ1) is 12.0. The summed E-state index contributed by atoms with van der Waals surface area (Å²) >= 11 is 0. The molecule has 0 aromatic heterocycles. The SMILES string of the molecule is CCC(CC)C1CC(Nc2ccc(C(=O)NC)cc2[N+](=O)[O-])CCO1. The molecule has 1 aliphatic heterocycles. The summed E-state index contributed by atoms with van der Waals surface area (Å²) in [6.07, 6.45) is 3.96. The maximum Gasteiger partial charge on any atom is 0.293 e. The second kappa shape index (κ2) is 8.80. The van der Waals surface area contributed by atoms with E-state index in [1.54, 1.807) is 12.1 Å². The number of nitrogens with one attached hydrogen (secondary N) is 2. The largest absolute Gasteiger partial charge is 0.378 e. The Labute approximate surface area is 148 Å². The topological polar surface area (TPSA) is 93.5 Å². The van der Waals surface area contributed by atoms with E-state index in [2.05, 4.69) is 24.5 Å². The van der Waals surface area contributed by atoms with Gasteiger partial charge < -0.3 is 15.4 Å². The highest BCUT2D eigenvalue weighted by atomic mass is 16.6. The monoisotopic (exact) mass is 349 g/mol. The van der Waals surface area contributed by atoms with E-state index in [1.165, 1.54) is 13.1 Å². The molecule has 1 fully saturated rings. The number of hydrogen-bond donors (Lipinski definition) is 2. The summed E-state index contributed by atoms with van der Waals surface area (Å²) in [5, 5.41) is 17.2. The standard InChI is InChI=1S/C18H27N3O4/c1-4-12(5-2)17-11-14(8-9-25-17)20-15-7-6-13(18(22)19-3)10-16(15)21(23)24/h6-7,10,12,14,17,20H,4-5,8-9,11H2,1-3H3,(H,19,22). The average Bonchev–Trinajstić information content (AvgIpc) is 2.62. The van der Waals surface area contributed by atoms with Gasteiger partial charge in [0, 0.05) is 31.3 Å². The Bertz CT molecular complexity index is 616. The number of nitrogens with zero attached hydrogens (tertiary/aromatic N) is 1. The quantitative estimate of drug-likeness (QED) is 0.581. The number of nitro groups is 1. The van der Waals surface area contributed by atoms with Crippen LogP contribution in [0.15, 0.2) is 18.2 Å². The van der Waals surface area contributed by atoms with Crippen molar-refractivity contribution < 1.29 is 14.5 Å². The fourth-order valence-corrected chi connectivity index (χ4v) is 3.41. The molecular weight excluding hydrogens is 322 g/mol. The third kappa shape index (κ3) is 4.69. The zero-order valence-electron chi connectivity index (χ0n) is 15.1. The van der Waals surface area contributed by atoms with Crippen molar-refractivity contribution in [2.75, 3.05) is 19.0 Å². The van der Waals surface area contributed by atoms with Crippen molar-refractivity contribution in [2.45, 2.75) is 51.7 Å². The van der Waals surface area contributed by atoms with E-state index in [1.807, 2.05) is 0 Å². The molecule has 1 saturated heterocycles. The van der Waals surface area contributed by atoms with Crippen LogP contribution < -0.4 is 10.6 Å². The number of ether oxygens (including phenoxy) is 1. The molecule has 138 valence electrons. The smallest absolute Gasteiger partial charge is 0.293 e. The zero-order chi connectivity index (χ0) is 18.4. The number of rotatable bonds is 7. The van der Waals surface area contributed by atoms with E-state index in [-0.39, 0.29) is 29.3 Å². The highest BCUT2D eigenvalue weighted by molar-refractivity contribution is 5.95. The van der Waals surface area contributed by atoms with Crippen LogP contribution in [0.25, 0.3) is 0 Å². The second-order valence-electron chi connectivity index (χ2n) is 6.42. The maximum absolute atomic E-state index is 11.7. The molecule has 7 nitrogen and oxygen atoms in total. The molecule has 1 aliphatic rings. The van der Waals surface area contributed by atoms with Gasteiger partial charge in [-0.15, -0.1) is 0 Å². The van der Waals surface area contributed by atoms with Crippen molar-refractivity contribution in [2.24, 2.45) is 5.92 Å². The summed E-state index contributed by atoms with van der Waals surface area (Å²) < 4.78 is 5.91. The van der Waals surface area contributed by atoms with Gasteiger partial charge in [0.05, 0.1) is 11.0 Å². The van der Waals surface area contributed by atoms with Gasteiger partial charge in [-0.2, -0.15) is 0 Å². The summed E-state index contributed by atoms with van der Waals surface area (Å²) in [6.45, 7) is 4.98. The number of anilines is 1. The molecular formula is C18H27N3O4. The lowest BCUT2D eigenvalue weighted by atomic mass is 9.89. The van der Waals surface area contributed by atoms with Gasteiger partial charge in [-0.05, 0) is 30.9 Å². The van der Waals surface area contributed by atoms with Crippen LogP contribution in [0.4, 0.5) is 11.4 Å². The van der Waals surface area contributed by atoms with Gasteiger partial charge in [-0.3, -0.25) is 14.9 Å². The molecule has 7 heteroatoms. The van der Waals surface area contributed by atoms with Crippen LogP contribution in [0, 0.1) is 16.0 Å². The van der Waals surface area contributed by atoms with Crippen molar-refractivity contribution in [1.82, 2.24) is 5.32 Å². The molecule has 0 saturated carbocycles. The van der Waals surface area contributed by atoms with Gasteiger partial charge in [0.1, 0.15) is 5.69 Å². The number of benzene rings is 1. The molecule has 25 heavy (non-hydrogen) atoms. The van der Waals surface area contributed by atoms with Crippen LogP contribution in [0.2, 0.25) is 0 Å². The average molecular weight is 349 g/mol. The normalized spacial score (nSPS) is 20.3. The number of hydrogen-bond acceptors (Lipinski definition) is 5. The molecule has 2 atom stereocenters. The van der Waals surface area contributed by atoms with E-state index in [9.17, 15) is 14.9 Å². The molecule has 0 bridgehead atoms. The summed E-state index contributed by atoms with van der Waals surface area (Å²) in [5.41, 5.74) is 0.654. The van der Waals surface area contributed by atoms with Gasteiger partial charge in [0.25, 0.3) is 11.6 Å². The molecule has 0 radical (unpaired) electrons. The van der Waals surface area contributed by atoms with Gasteiger partial charge in [0.15, 0.2) is 0 Å². The molecule has 1 aromatic carbocycles. The Kier molecular flexibility index (Phi) is 6.75. The number of carbonyl (C=O) groups is 1. The van der Waals surface area contributed by atoms with Gasteiger partial charge in [-0.25, -0.2) is 0 Å². The van der Waals surface area contributed by atoms with Crippen molar-refractivity contribution in [3.05, 3.63) is 33.9 Å². The Morgan fingerprint density at radius 2 is 2.12 bits per heavy atom. The number of carbonyl (C=O) groups excluding carboxylic acids is 1. The Balaban J connectivity index is 2.16. The van der Waals surface area contributed by atoms with Gasteiger partial charge in [-0.1, -0.05) is 26.7 Å². The lowest BCUT2D eigenvalue weighted by Crippen LogP contribution is -2.38. The van der Waals surface area contributed by atoms with Crippen LogP contribution in [0.1, 0.15) is 49.9 Å². The highest BCUT2D eigenvalue weighted by Gasteiger charge is 2.29. The summed E-state index contributed by atoms with van der Waals surface area (Å²) in [5.74, 6) is 0.171. The Morgan fingerprint density at radius 1 is 1.40 bits per heavy atom. The summed E-state index contributed by atoms with van der Waals surface area (Å²) in [7, 11) is 1.50. The minimum absolute atomic E-state index is 0.0772. The summed E-state index contributed by atoms with van der Waals surface area (Å²) in [4.78, 5) is 22.7. The summed E-state index contributed by atoms with van der Waals surface area (Å²) in [6, 6.07) is 4.67.